The molecule has 1 aromatic heterocycles. The fourth-order valence-electron chi connectivity index (χ4n) is 2.31. The van der Waals surface area contributed by atoms with Gasteiger partial charge in [0.2, 0.25) is 0 Å². The average Bonchev–Trinajstić information content (AvgIpc) is 2.88. The van der Waals surface area contributed by atoms with Crippen molar-refractivity contribution in [2.24, 2.45) is 5.73 Å². The minimum atomic E-state index is -0.315. The molecule has 0 fully saturated rings. The van der Waals surface area contributed by atoms with Crippen LogP contribution in [0.2, 0.25) is 0 Å². The number of hydrogen-bond donors (Lipinski definition) is 1. The van der Waals surface area contributed by atoms with Gasteiger partial charge in [0.05, 0.1) is 0 Å². The van der Waals surface area contributed by atoms with Gasteiger partial charge >= 0.3 is 0 Å². The Labute approximate surface area is 127 Å². The Morgan fingerprint density at radius 3 is 2.86 bits per heavy atom. The summed E-state index contributed by atoms with van der Waals surface area (Å²) < 4.78 is 20.5. The third-order valence-corrected chi connectivity index (χ3v) is 4.42. The third kappa shape index (κ3) is 2.91. The molecule has 1 heterocycles. The first-order chi connectivity index (χ1) is 10.1. The first-order valence-electron chi connectivity index (χ1n) is 6.78. The number of ether oxygens (including phenoxy) is 1. The molecule has 0 saturated carbocycles. The number of hydrogen-bond acceptors (Lipinski definition) is 3. The van der Waals surface area contributed by atoms with Gasteiger partial charge < -0.3 is 10.5 Å². The lowest BCUT2D eigenvalue weighted by atomic mass is 10.1. The Hall–Kier alpha value is -1.91. The van der Waals surface area contributed by atoms with E-state index in [2.05, 4.69) is 17.5 Å². The Morgan fingerprint density at radius 2 is 2.05 bits per heavy atom. The van der Waals surface area contributed by atoms with E-state index in [1.807, 2.05) is 19.1 Å². The van der Waals surface area contributed by atoms with Gasteiger partial charge in [0.25, 0.3) is 0 Å². The summed E-state index contributed by atoms with van der Waals surface area (Å²) in [4.78, 5) is 0. The molecule has 4 heteroatoms. The zero-order valence-electron chi connectivity index (χ0n) is 11.7. The molecule has 21 heavy (non-hydrogen) atoms. The van der Waals surface area contributed by atoms with E-state index in [0.717, 1.165) is 11.1 Å². The minimum Gasteiger partial charge on any atom is -0.488 e. The Bertz CT molecular complexity index is 766. The molecule has 0 saturated heterocycles. The zero-order chi connectivity index (χ0) is 14.8. The predicted octanol–water partition coefficient (Wildman–Crippen LogP) is 4.64. The van der Waals surface area contributed by atoms with Gasteiger partial charge in [-0.2, -0.15) is 0 Å². The maximum atomic E-state index is 13.4. The van der Waals surface area contributed by atoms with Crippen LogP contribution >= 0.6 is 11.3 Å². The third-order valence-electron chi connectivity index (χ3n) is 3.41. The van der Waals surface area contributed by atoms with Crippen LogP contribution in [0.4, 0.5) is 4.39 Å². The molecule has 0 amide bonds. The summed E-state index contributed by atoms with van der Waals surface area (Å²) in [5, 5.41) is 3.26. The predicted molar refractivity (Wildman–Crippen MR) is 85.2 cm³/mol. The lowest BCUT2D eigenvalue weighted by Gasteiger charge is -2.14. The molecule has 3 aromatic rings. The maximum Gasteiger partial charge on any atom is 0.127 e. The molecule has 0 aliphatic heterocycles. The van der Waals surface area contributed by atoms with Crippen LogP contribution < -0.4 is 10.5 Å². The molecule has 1 atom stereocenters. The van der Waals surface area contributed by atoms with Crippen molar-refractivity contribution < 1.29 is 9.13 Å². The topological polar surface area (TPSA) is 35.2 Å². The SMILES string of the molecule is C[C@H](N)c1ccc(F)cc1OCc1csc2ccccc12. The molecule has 0 bridgehead atoms. The lowest BCUT2D eigenvalue weighted by Crippen LogP contribution is -2.08. The zero-order valence-corrected chi connectivity index (χ0v) is 12.5. The molecule has 0 spiro atoms. The van der Waals surface area contributed by atoms with E-state index in [-0.39, 0.29) is 11.9 Å². The van der Waals surface area contributed by atoms with Crippen LogP contribution in [0.5, 0.6) is 5.75 Å². The van der Waals surface area contributed by atoms with E-state index < -0.39 is 0 Å². The number of halogens is 1. The highest BCUT2D eigenvalue weighted by Crippen LogP contribution is 2.29. The monoisotopic (exact) mass is 301 g/mol. The quantitative estimate of drug-likeness (QED) is 0.762. The largest absolute Gasteiger partial charge is 0.488 e. The lowest BCUT2D eigenvalue weighted by molar-refractivity contribution is 0.301. The number of thiophene rings is 1. The van der Waals surface area contributed by atoms with Crippen LogP contribution in [0.25, 0.3) is 10.1 Å². The molecule has 2 nitrogen and oxygen atoms in total. The molecule has 3 rings (SSSR count). The number of rotatable bonds is 4. The van der Waals surface area contributed by atoms with Gasteiger partial charge in [-0.05, 0) is 29.8 Å². The van der Waals surface area contributed by atoms with Gasteiger partial charge in [0.1, 0.15) is 18.2 Å². The van der Waals surface area contributed by atoms with Crippen molar-refractivity contribution in [2.45, 2.75) is 19.6 Å². The number of fused-ring (bicyclic) bond motifs is 1. The second kappa shape index (κ2) is 5.84. The summed E-state index contributed by atoms with van der Waals surface area (Å²) >= 11 is 1.68. The fourth-order valence-corrected chi connectivity index (χ4v) is 3.26. The summed E-state index contributed by atoms with van der Waals surface area (Å²) in [6.07, 6.45) is 0. The van der Waals surface area contributed by atoms with Crippen molar-refractivity contribution in [2.75, 3.05) is 0 Å². The van der Waals surface area contributed by atoms with E-state index in [9.17, 15) is 4.39 Å². The fraction of sp³-hybridized carbons (Fsp3) is 0.176. The summed E-state index contributed by atoms with van der Waals surface area (Å²) in [7, 11) is 0. The Kier molecular flexibility index (Phi) is 3.90. The summed E-state index contributed by atoms with van der Waals surface area (Å²) in [5.41, 5.74) is 7.83. The highest BCUT2D eigenvalue weighted by atomic mass is 32.1. The average molecular weight is 301 g/mol. The van der Waals surface area contributed by atoms with E-state index in [4.69, 9.17) is 10.5 Å². The molecule has 108 valence electrons. The molecule has 0 unspecified atom stereocenters. The van der Waals surface area contributed by atoms with Crippen molar-refractivity contribution in [3.8, 4) is 5.75 Å². The molecule has 0 aliphatic rings. The van der Waals surface area contributed by atoms with Crippen LogP contribution in [0.1, 0.15) is 24.1 Å². The van der Waals surface area contributed by atoms with Crippen molar-refractivity contribution in [3.63, 3.8) is 0 Å². The van der Waals surface area contributed by atoms with Gasteiger partial charge in [-0.3, -0.25) is 0 Å². The van der Waals surface area contributed by atoms with Crippen molar-refractivity contribution >= 4 is 21.4 Å². The van der Waals surface area contributed by atoms with Crippen LogP contribution in [0, 0.1) is 5.82 Å². The van der Waals surface area contributed by atoms with Crippen molar-refractivity contribution in [3.05, 3.63) is 64.8 Å². The second-order valence-corrected chi connectivity index (χ2v) is 5.93. The van der Waals surface area contributed by atoms with Gasteiger partial charge in [-0.15, -0.1) is 11.3 Å². The number of nitrogens with two attached hydrogens (primary N) is 1. The van der Waals surface area contributed by atoms with Gasteiger partial charge in [-0.1, -0.05) is 24.3 Å². The summed E-state index contributed by atoms with van der Waals surface area (Å²) in [5.74, 6) is 0.199. The Balaban J connectivity index is 1.86. The van der Waals surface area contributed by atoms with Crippen LogP contribution in [0.3, 0.4) is 0 Å². The first kappa shape index (κ1) is 14.0. The van der Waals surface area contributed by atoms with E-state index in [0.29, 0.717) is 12.4 Å². The van der Waals surface area contributed by atoms with Gasteiger partial charge in [-0.25, -0.2) is 4.39 Å². The molecular weight excluding hydrogens is 285 g/mol. The molecule has 2 aromatic carbocycles. The van der Waals surface area contributed by atoms with Crippen molar-refractivity contribution in [1.29, 1.82) is 0 Å². The molecule has 0 aliphatic carbocycles. The Morgan fingerprint density at radius 1 is 1.24 bits per heavy atom. The molecule has 0 radical (unpaired) electrons. The van der Waals surface area contributed by atoms with Crippen LogP contribution in [0.15, 0.2) is 47.8 Å². The van der Waals surface area contributed by atoms with E-state index in [1.165, 1.54) is 22.2 Å². The highest BCUT2D eigenvalue weighted by Gasteiger charge is 2.11. The first-order valence-corrected chi connectivity index (χ1v) is 7.66. The van der Waals surface area contributed by atoms with Gasteiger partial charge in [0.15, 0.2) is 0 Å². The van der Waals surface area contributed by atoms with Gasteiger partial charge in [0, 0.05) is 27.9 Å². The standard InChI is InChI=1S/C17H16FNOS/c1-11(19)14-7-6-13(18)8-16(14)20-9-12-10-21-17-5-3-2-4-15(12)17/h2-8,10-11H,9,19H2,1H3/t11-/m0/s1. The normalized spacial score (nSPS) is 12.5. The summed E-state index contributed by atoms with van der Waals surface area (Å²) in [6, 6.07) is 12.5. The highest BCUT2D eigenvalue weighted by molar-refractivity contribution is 7.17. The van der Waals surface area contributed by atoms with Crippen molar-refractivity contribution in [1.82, 2.24) is 0 Å². The van der Waals surface area contributed by atoms with Crippen LogP contribution in [-0.4, -0.2) is 0 Å². The molecular formula is C17H16FNOS. The number of benzene rings is 2. The van der Waals surface area contributed by atoms with Crippen LogP contribution in [-0.2, 0) is 6.61 Å². The maximum absolute atomic E-state index is 13.4. The smallest absolute Gasteiger partial charge is 0.127 e. The summed E-state index contributed by atoms with van der Waals surface area (Å²) in [6.45, 7) is 2.27. The van der Waals surface area contributed by atoms with E-state index >= 15 is 0 Å². The second-order valence-electron chi connectivity index (χ2n) is 5.02. The molecule has 2 N–H and O–H groups in total. The van der Waals surface area contributed by atoms with E-state index in [1.54, 1.807) is 17.4 Å². The minimum absolute atomic E-state index is 0.195.